The quantitative estimate of drug-likeness (QED) is 0.434. The second-order valence-electron chi connectivity index (χ2n) is 8.68. The van der Waals surface area contributed by atoms with E-state index in [1.165, 1.54) is 18.1 Å². The molecule has 4 rings (SSSR count). The molecule has 1 heterocycles. The van der Waals surface area contributed by atoms with E-state index in [0.29, 0.717) is 31.2 Å². The largest absolute Gasteiger partial charge is 0.393 e. The van der Waals surface area contributed by atoms with E-state index in [-0.39, 0.29) is 11.6 Å². The number of carbonyl (C=O) groups is 1. The summed E-state index contributed by atoms with van der Waals surface area (Å²) in [5.41, 5.74) is 5.17. The molecule has 3 aromatic rings. The van der Waals surface area contributed by atoms with Gasteiger partial charge in [-0.15, -0.1) is 0 Å². The Hall–Kier alpha value is -2.85. The topological polar surface area (TPSA) is 50.2 Å². The van der Waals surface area contributed by atoms with Crippen molar-refractivity contribution >= 4 is 22.3 Å². The van der Waals surface area contributed by atoms with Crippen LogP contribution in [0.3, 0.4) is 0 Å². The lowest BCUT2D eigenvalue weighted by molar-refractivity contribution is -0.119. The lowest BCUT2D eigenvalue weighted by Crippen LogP contribution is -2.10. The van der Waals surface area contributed by atoms with Crippen LogP contribution in [0.25, 0.3) is 27.6 Å². The summed E-state index contributed by atoms with van der Waals surface area (Å²) in [7, 11) is 0. The third kappa shape index (κ3) is 5.13. The van der Waals surface area contributed by atoms with Gasteiger partial charge in [0.05, 0.1) is 17.3 Å². The van der Waals surface area contributed by atoms with E-state index < -0.39 is 6.10 Å². The highest BCUT2D eigenvalue weighted by atomic mass is 19.1. The van der Waals surface area contributed by atoms with Gasteiger partial charge in [0.1, 0.15) is 11.6 Å². The van der Waals surface area contributed by atoms with Crippen LogP contribution >= 0.6 is 0 Å². The number of hydrogen-bond donors (Lipinski definition) is 1. The lowest BCUT2D eigenvalue weighted by Gasteiger charge is -2.17. The Kier molecular flexibility index (Phi) is 7.11. The Labute approximate surface area is 189 Å². The van der Waals surface area contributed by atoms with E-state index in [1.54, 1.807) is 12.1 Å². The average Bonchev–Trinajstić information content (AvgIpc) is 2.82. The van der Waals surface area contributed by atoms with Crippen molar-refractivity contribution in [2.24, 2.45) is 0 Å². The maximum Gasteiger partial charge on any atom is 0.137 e. The summed E-state index contributed by atoms with van der Waals surface area (Å²) >= 11 is 0. The highest BCUT2D eigenvalue weighted by Gasteiger charge is 2.18. The summed E-state index contributed by atoms with van der Waals surface area (Å²) in [6, 6.07) is 14.7. The molecule has 3 nitrogen and oxygen atoms in total. The predicted octanol–water partition coefficient (Wildman–Crippen LogP) is 6.66. The second-order valence-corrected chi connectivity index (χ2v) is 8.68. The normalized spacial score (nSPS) is 14.9. The number of rotatable bonds is 8. The molecule has 0 fully saturated rings. The Morgan fingerprint density at radius 1 is 1.12 bits per heavy atom. The van der Waals surface area contributed by atoms with E-state index in [0.717, 1.165) is 47.0 Å². The molecule has 1 unspecified atom stereocenters. The van der Waals surface area contributed by atoms with Gasteiger partial charge in [-0.3, -0.25) is 4.79 Å². The van der Waals surface area contributed by atoms with Gasteiger partial charge in [-0.2, -0.15) is 0 Å². The maximum absolute atomic E-state index is 14.7. The van der Waals surface area contributed by atoms with Crippen LogP contribution in [0.4, 0.5) is 4.39 Å². The van der Waals surface area contributed by atoms with Gasteiger partial charge < -0.3 is 5.11 Å². The first-order valence-electron chi connectivity index (χ1n) is 11.6. The Morgan fingerprint density at radius 3 is 2.72 bits per heavy atom. The van der Waals surface area contributed by atoms with Crippen LogP contribution < -0.4 is 0 Å². The van der Waals surface area contributed by atoms with E-state index >= 15 is 0 Å². The van der Waals surface area contributed by atoms with Gasteiger partial charge in [0.2, 0.25) is 0 Å². The Balaban J connectivity index is 1.71. The van der Waals surface area contributed by atoms with Crippen molar-refractivity contribution in [3.8, 4) is 11.1 Å². The number of aliphatic hydroxyl groups is 1. The van der Waals surface area contributed by atoms with Crippen LogP contribution in [0.1, 0.15) is 63.1 Å². The first-order valence-corrected chi connectivity index (χ1v) is 11.6. The number of carbonyl (C=O) groups excluding carboxylic acids is 1. The van der Waals surface area contributed by atoms with Gasteiger partial charge in [-0.05, 0) is 73.9 Å². The minimum absolute atomic E-state index is 0.114. The van der Waals surface area contributed by atoms with E-state index in [4.69, 9.17) is 4.98 Å². The number of halogens is 1. The average molecular weight is 432 g/mol. The molecule has 32 heavy (non-hydrogen) atoms. The fourth-order valence-corrected chi connectivity index (χ4v) is 4.37. The van der Waals surface area contributed by atoms with Gasteiger partial charge in [-0.25, -0.2) is 9.37 Å². The molecule has 1 aliphatic rings. The standard InChI is InChI=1S/C28H30FNO2/c1-2-22(31)13-14-23(32)17-19-12-15-27-21(16-19)18-25(24-10-6-7-11-26(24)29)28(30-27)20-8-4-3-5-9-20/h6-8,10-12,15-16,18,22,31H,2-5,9,13-14,17H2,1H3. The summed E-state index contributed by atoms with van der Waals surface area (Å²) in [5, 5.41) is 10.6. The minimum Gasteiger partial charge on any atom is -0.393 e. The second kappa shape index (κ2) is 10.2. The molecule has 1 aromatic heterocycles. The molecule has 166 valence electrons. The van der Waals surface area contributed by atoms with Gasteiger partial charge in [-0.1, -0.05) is 37.3 Å². The molecule has 1 N–H and O–H groups in total. The first kappa shape index (κ1) is 22.3. The van der Waals surface area contributed by atoms with Crippen LogP contribution in [0.15, 0.2) is 54.6 Å². The molecule has 1 atom stereocenters. The Bertz CT molecular complexity index is 1150. The lowest BCUT2D eigenvalue weighted by atomic mass is 9.90. The number of Topliss-reactive ketones (excluding diaryl/α,β-unsaturated/α-hetero) is 1. The number of allylic oxidation sites excluding steroid dienone is 2. The van der Waals surface area contributed by atoms with Crippen molar-refractivity contribution < 1.29 is 14.3 Å². The summed E-state index contributed by atoms with van der Waals surface area (Å²) < 4.78 is 14.7. The number of aromatic nitrogens is 1. The molecule has 2 aromatic carbocycles. The Morgan fingerprint density at radius 2 is 1.97 bits per heavy atom. The zero-order valence-corrected chi connectivity index (χ0v) is 18.6. The molecular weight excluding hydrogens is 401 g/mol. The number of nitrogens with zero attached hydrogens (tertiary/aromatic N) is 1. The van der Waals surface area contributed by atoms with Gasteiger partial charge in [0.15, 0.2) is 0 Å². The zero-order valence-electron chi connectivity index (χ0n) is 18.6. The smallest absolute Gasteiger partial charge is 0.137 e. The van der Waals surface area contributed by atoms with Crippen molar-refractivity contribution in [3.05, 3.63) is 71.7 Å². The van der Waals surface area contributed by atoms with Crippen molar-refractivity contribution in [2.45, 2.75) is 64.4 Å². The summed E-state index contributed by atoms with van der Waals surface area (Å²) in [4.78, 5) is 17.3. The van der Waals surface area contributed by atoms with Crippen molar-refractivity contribution in [2.75, 3.05) is 0 Å². The molecule has 0 radical (unpaired) electrons. The third-order valence-electron chi connectivity index (χ3n) is 6.27. The van der Waals surface area contributed by atoms with Gasteiger partial charge >= 0.3 is 0 Å². The molecule has 4 heteroatoms. The first-order chi connectivity index (χ1) is 15.5. The van der Waals surface area contributed by atoms with Crippen LogP contribution in [0.2, 0.25) is 0 Å². The molecule has 0 saturated carbocycles. The van der Waals surface area contributed by atoms with Crippen LogP contribution in [-0.2, 0) is 11.2 Å². The molecule has 0 amide bonds. The van der Waals surface area contributed by atoms with Crippen LogP contribution in [0.5, 0.6) is 0 Å². The molecule has 0 saturated heterocycles. The third-order valence-corrected chi connectivity index (χ3v) is 6.27. The molecule has 1 aliphatic carbocycles. The van der Waals surface area contributed by atoms with Gasteiger partial charge in [0.25, 0.3) is 0 Å². The SMILES string of the molecule is CCC(O)CCC(=O)Cc1ccc2nc(C3=CCCCC3)c(-c3ccccc3F)cc2c1. The maximum atomic E-state index is 14.7. The van der Waals surface area contributed by atoms with Crippen molar-refractivity contribution in [1.29, 1.82) is 0 Å². The fraction of sp³-hybridized carbons (Fsp3) is 0.357. The van der Waals surface area contributed by atoms with Crippen molar-refractivity contribution in [1.82, 2.24) is 4.98 Å². The van der Waals surface area contributed by atoms with Crippen LogP contribution in [-0.4, -0.2) is 22.0 Å². The number of hydrogen-bond acceptors (Lipinski definition) is 3. The molecular formula is C28H30FNO2. The number of benzene rings is 2. The highest BCUT2D eigenvalue weighted by Crippen LogP contribution is 2.36. The predicted molar refractivity (Wildman–Crippen MR) is 128 cm³/mol. The van der Waals surface area contributed by atoms with E-state index in [9.17, 15) is 14.3 Å². The summed E-state index contributed by atoms with van der Waals surface area (Å²) in [6.45, 7) is 1.91. The minimum atomic E-state index is -0.421. The monoisotopic (exact) mass is 431 g/mol. The number of aliphatic hydroxyl groups excluding tert-OH is 1. The number of pyridine rings is 1. The summed E-state index contributed by atoms with van der Waals surface area (Å²) in [6.07, 6.45) is 7.96. The van der Waals surface area contributed by atoms with Crippen LogP contribution in [0, 0.1) is 5.82 Å². The van der Waals surface area contributed by atoms with Gasteiger partial charge in [0, 0.05) is 29.4 Å². The molecule has 0 aliphatic heterocycles. The highest BCUT2D eigenvalue weighted by molar-refractivity contribution is 5.91. The molecule has 0 bridgehead atoms. The van der Waals surface area contributed by atoms with E-state index in [1.807, 2.05) is 37.3 Å². The number of fused-ring (bicyclic) bond motifs is 1. The van der Waals surface area contributed by atoms with E-state index in [2.05, 4.69) is 6.08 Å². The summed E-state index contributed by atoms with van der Waals surface area (Å²) in [5.74, 6) is -0.143. The molecule has 0 spiro atoms. The fourth-order valence-electron chi connectivity index (χ4n) is 4.37. The zero-order chi connectivity index (χ0) is 22.5. The number of ketones is 1. The van der Waals surface area contributed by atoms with Crippen molar-refractivity contribution in [3.63, 3.8) is 0 Å².